The molecule has 0 fully saturated rings. The normalized spacial score (nSPS) is 11.9. The molecule has 9 aromatic carbocycles. The van der Waals surface area contributed by atoms with Gasteiger partial charge in [-0.2, -0.15) is 0 Å². The van der Waals surface area contributed by atoms with Crippen LogP contribution in [0.4, 0.5) is 34.1 Å². The predicted octanol–water partition coefficient (Wildman–Crippen LogP) is 18.1. The number of benzene rings is 9. The minimum atomic E-state index is 0.0171. The lowest BCUT2D eigenvalue weighted by Crippen LogP contribution is -2.10. The predicted molar refractivity (Wildman–Crippen MR) is 303 cm³/mol. The van der Waals surface area contributed by atoms with Crippen LogP contribution in [0.15, 0.2) is 227 Å². The summed E-state index contributed by atoms with van der Waals surface area (Å²) < 4.78 is 12.5. The van der Waals surface area contributed by atoms with Crippen LogP contribution in [-0.2, 0) is 10.8 Å². The quantitative estimate of drug-likeness (QED) is 0.134. The fourth-order valence-electron chi connectivity index (χ4n) is 9.53. The Bertz CT molecular complexity index is 3680. The molecule has 0 aliphatic carbocycles. The molecule has 0 radical (unpaired) electrons. The lowest BCUT2D eigenvalue weighted by atomic mass is 9.87. The van der Waals surface area contributed by atoms with Crippen LogP contribution >= 0.6 is 0 Å². The average Bonchev–Trinajstić information content (AvgIpc) is 4.07. The summed E-state index contributed by atoms with van der Waals surface area (Å²) in [6.45, 7) is 13.3. The van der Waals surface area contributed by atoms with Crippen LogP contribution in [0.3, 0.4) is 0 Å². The maximum absolute atomic E-state index is 6.26. The second-order valence-electron chi connectivity index (χ2n) is 20.8. The SMILES string of the molecule is CC(C)(C)c1ccc2oc(-c3ccc(N(c4ccccc4)c4ccc(-c5nc6ccccc6nc5-c5ccc(N(c6ccccc6)c6ccc(-c7nc8cc(C(C)(C)C)ccc8o7)cc6)cc5)cc4)cc3)nc2c1. The van der Waals surface area contributed by atoms with E-state index < -0.39 is 0 Å². The van der Waals surface area contributed by atoms with E-state index in [4.69, 9.17) is 28.8 Å². The van der Waals surface area contributed by atoms with E-state index >= 15 is 0 Å². The molecule has 0 saturated heterocycles. The van der Waals surface area contributed by atoms with Crippen molar-refractivity contribution in [2.24, 2.45) is 0 Å². The van der Waals surface area contributed by atoms with Crippen molar-refractivity contribution in [3.05, 3.63) is 230 Å². The van der Waals surface area contributed by atoms with Crippen LogP contribution < -0.4 is 9.80 Å². The van der Waals surface area contributed by atoms with Gasteiger partial charge in [-0.15, -0.1) is 0 Å². The highest BCUT2D eigenvalue weighted by atomic mass is 16.4. The molecule has 3 aromatic heterocycles. The Labute approximate surface area is 431 Å². The molecule has 12 rings (SSSR count). The van der Waals surface area contributed by atoms with E-state index in [9.17, 15) is 0 Å². The molecule has 8 heteroatoms. The van der Waals surface area contributed by atoms with Gasteiger partial charge in [0.15, 0.2) is 11.2 Å². The first-order valence-electron chi connectivity index (χ1n) is 25.1. The molecule has 0 bridgehead atoms. The van der Waals surface area contributed by atoms with Gasteiger partial charge in [0.05, 0.1) is 22.4 Å². The molecule has 12 aromatic rings. The largest absolute Gasteiger partial charge is 0.436 e. The number of hydrogen-bond acceptors (Lipinski definition) is 8. The third-order valence-electron chi connectivity index (χ3n) is 13.6. The Morgan fingerprint density at radius 2 is 0.608 bits per heavy atom. The van der Waals surface area contributed by atoms with Crippen LogP contribution in [-0.4, -0.2) is 19.9 Å². The van der Waals surface area contributed by atoms with Crippen LogP contribution in [0.5, 0.6) is 0 Å². The lowest BCUT2D eigenvalue weighted by Gasteiger charge is -2.26. The summed E-state index contributed by atoms with van der Waals surface area (Å²) in [5, 5.41) is 0. The molecule has 0 aliphatic heterocycles. The van der Waals surface area contributed by atoms with Crippen molar-refractivity contribution < 1.29 is 8.83 Å². The Balaban J connectivity index is 0.859. The Hall–Kier alpha value is -9.14. The van der Waals surface area contributed by atoms with Crippen molar-refractivity contribution in [3.8, 4) is 45.4 Å². The molecule has 74 heavy (non-hydrogen) atoms. The third kappa shape index (κ3) is 8.96. The Morgan fingerprint density at radius 3 is 0.946 bits per heavy atom. The fourth-order valence-corrected chi connectivity index (χ4v) is 9.53. The average molecular weight is 963 g/mol. The van der Waals surface area contributed by atoms with E-state index in [0.29, 0.717) is 11.8 Å². The van der Waals surface area contributed by atoms with E-state index in [-0.39, 0.29) is 10.8 Å². The van der Waals surface area contributed by atoms with Crippen molar-refractivity contribution in [2.45, 2.75) is 52.4 Å². The van der Waals surface area contributed by atoms with E-state index in [1.165, 1.54) is 11.1 Å². The molecule has 0 N–H and O–H groups in total. The molecule has 0 amide bonds. The summed E-state index contributed by atoms with van der Waals surface area (Å²) in [4.78, 5) is 24.9. The Morgan fingerprint density at radius 1 is 0.297 bits per heavy atom. The Kier molecular flexibility index (Phi) is 11.5. The van der Waals surface area contributed by atoms with Crippen LogP contribution in [0, 0.1) is 0 Å². The number of anilines is 6. The van der Waals surface area contributed by atoms with Gasteiger partial charge in [-0.1, -0.05) is 126 Å². The van der Waals surface area contributed by atoms with E-state index in [1.54, 1.807) is 0 Å². The van der Waals surface area contributed by atoms with Crippen molar-refractivity contribution in [1.82, 2.24) is 19.9 Å². The maximum Gasteiger partial charge on any atom is 0.227 e. The van der Waals surface area contributed by atoms with Crippen molar-refractivity contribution in [2.75, 3.05) is 9.80 Å². The molecule has 0 saturated carbocycles. The standard InChI is InChI=1S/C66H54N6O2/c1-65(2,3)47-29-39-59-57(41-47)69-63(73-59)45-25-35-53(36-26-45)71(49-15-9-7-10-16-49)51-31-21-43(22-32-51)61-62(68-56-20-14-13-19-55(56)67-61)44-23-33-52(34-24-44)72(50-17-11-8-12-18-50)54-37-27-46(28-38-54)64-70-58-42-48(66(4,5)6)30-40-60(58)74-64/h7-42H,1-6H3. The van der Waals surface area contributed by atoms with Crippen LogP contribution in [0.2, 0.25) is 0 Å². The van der Waals surface area contributed by atoms with E-state index in [1.807, 2.05) is 48.5 Å². The van der Waals surface area contributed by atoms with Gasteiger partial charge in [0, 0.05) is 56.4 Å². The van der Waals surface area contributed by atoms with Gasteiger partial charge >= 0.3 is 0 Å². The first-order valence-corrected chi connectivity index (χ1v) is 25.1. The number of aromatic nitrogens is 4. The lowest BCUT2D eigenvalue weighted by molar-refractivity contribution is 0.589. The zero-order valence-electron chi connectivity index (χ0n) is 42.3. The van der Waals surface area contributed by atoms with Gasteiger partial charge in [0.25, 0.3) is 0 Å². The molecule has 8 nitrogen and oxygen atoms in total. The number of rotatable bonds is 10. The molecule has 0 atom stereocenters. The highest BCUT2D eigenvalue weighted by Gasteiger charge is 2.21. The molecule has 0 spiro atoms. The number of oxazole rings is 2. The highest BCUT2D eigenvalue weighted by Crippen LogP contribution is 2.41. The summed E-state index contributed by atoms with van der Waals surface area (Å²) in [7, 11) is 0. The fraction of sp³-hybridized carbons (Fsp3) is 0.121. The van der Waals surface area contributed by atoms with Gasteiger partial charge in [-0.05, 0) is 155 Å². The van der Waals surface area contributed by atoms with Gasteiger partial charge in [-0.25, -0.2) is 19.9 Å². The first-order chi connectivity index (χ1) is 35.9. The molecule has 0 aliphatic rings. The first kappa shape index (κ1) is 46.0. The summed E-state index contributed by atoms with van der Waals surface area (Å²) in [6, 6.07) is 75.5. The van der Waals surface area contributed by atoms with Crippen molar-refractivity contribution in [1.29, 1.82) is 0 Å². The van der Waals surface area contributed by atoms with Crippen molar-refractivity contribution in [3.63, 3.8) is 0 Å². The summed E-state index contributed by atoms with van der Waals surface area (Å²) in [6.07, 6.45) is 0. The second-order valence-corrected chi connectivity index (χ2v) is 20.8. The van der Waals surface area contributed by atoms with Gasteiger partial charge < -0.3 is 18.6 Å². The summed E-state index contributed by atoms with van der Waals surface area (Å²) >= 11 is 0. The zero-order valence-corrected chi connectivity index (χ0v) is 42.3. The topological polar surface area (TPSA) is 84.3 Å². The van der Waals surface area contributed by atoms with Crippen LogP contribution in [0.1, 0.15) is 52.7 Å². The third-order valence-corrected chi connectivity index (χ3v) is 13.6. The minimum absolute atomic E-state index is 0.0171. The van der Waals surface area contributed by atoms with Gasteiger partial charge in [-0.3, -0.25) is 0 Å². The number of nitrogens with zero attached hydrogens (tertiary/aromatic N) is 6. The second kappa shape index (κ2) is 18.5. The van der Waals surface area contributed by atoms with Crippen LogP contribution in [0.25, 0.3) is 78.7 Å². The summed E-state index contributed by atoms with van der Waals surface area (Å²) in [5.74, 6) is 1.20. The van der Waals surface area contributed by atoms with Gasteiger partial charge in [0.1, 0.15) is 11.0 Å². The molecular weight excluding hydrogens is 909 g/mol. The van der Waals surface area contributed by atoms with Gasteiger partial charge in [0.2, 0.25) is 11.8 Å². The molecule has 3 heterocycles. The van der Waals surface area contributed by atoms with E-state index in [0.717, 1.165) is 101 Å². The highest BCUT2D eigenvalue weighted by molar-refractivity contribution is 5.89. The number of fused-ring (bicyclic) bond motifs is 3. The summed E-state index contributed by atoms with van der Waals surface area (Å²) in [5.41, 5.74) is 18.8. The zero-order chi connectivity index (χ0) is 50.6. The van der Waals surface area contributed by atoms with Crippen molar-refractivity contribution >= 4 is 67.4 Å². The maximum atomic E-state index is 6.26. The monoisotopic (exact) mass is 962 g/mol. The number of hydrogen-bond donors (Lipinski definition) is 0. The minimum Gasteiger partial charge on any atom is -0.436 e. The number of para-hydroxylation sites is 4. The molecular formula is C66H54N6O2. The smallest absolute Gasteiger partial charge is 0.227 e. The molecule has 360 valence electrons. The van der Waals surface area contributed by atoms with E-state index in [2.05, 4.69) is 221 Å². The molecule has 0 unspecified atom stereocenters.